The zero-order valence-corrected chi connectivity index (χ0v) is 23.9. The summed E-state index contributed by atoms with van der Waals surface area (Å²) in [5, 5.41) is 5.57. The molecule has 42 heavy (non-hydrogen) atoms. The number of rotatable bonds is 4. The lowest BCUT2D eigenvalue weighted by Crippen LogP contribution is -2.00. The molecule has 2 heterocycles. The van der Waals surface area contributed by atoms with Gasteiger partial charge in [0.1, 0.15) is 0 Å². The smallest absolute Gasteiger partial charge is 0.164 e. The maximum atomic E-state index is 6.24. The summed E-state index contributed by atoms with van der Waals surface area (Å²) in [4.78, 5) is 15.0. The van der Waals surface area contributed by atoms with E-state index in [0.717, 1.165) is 33.2 Å². The van der Waals surface area contributed by atoms with Crippen LogP contribution in [0.5, 0.6) is 0 Å². The molecule has 8 aromatic rings. The van der Waals surface area contributed by atoms with Crippen LogP contribution in [0.1, 0.15) is 0 Å². The lowest BCUT2D eigenvalue weighted by atomic mass is 10.0. The Kier molecular flexibility index (Phi) is 6.03. The fourth-order valence-corrected chi connectivity index (χ4v) is 6.77. The Morgan fingerprint density at radius 3 is 1.83 bits per heavy atom. The van der Waals surface area contributed by atoms with E-state index in [1.54, 1.807) is 11.3 Å². The number of thiophene rings is 1. The molecule has 0 bridgehead atoms. The highest BCUT2D eigenvalue weighted by atomic mass is 35.5. The molecule has 0 aliphatic rings. The minimum Gasteiger partial charge on any atom is -0.208 e. The Bertz CT molecular complexity index is 2270. The van der Waals surface area contributed by atoms with Crippen molar-refractivity contribution in [3.63, 3.8) is 0 Å². The van der Waals surface area contributed by atoms with Gasteiger partial charge < -0.3 is 0 Å². The Morgan fingerprint density at radius 2 is 1.02 bits per heavy atom. The van der Waals surface area contributed by atoms with E-state index in [2.05, 4.69) is 115 Å². The summed E-state index contributed by atoms with van der Waals surface area (Å²) in [6.07, 6.45) is 0. The molecule has 0 saturated carbocycles. The predicted molar refractivity (Wildman–Crippen MR) is 177 cm³/mol. The van der Waals surface area contributed by atoms with Crippen molar-refractivity contribution in [2.75, 3.05) is 0 Å². The highest BCUT2D eigenvalue weighted by Crippen LogP contribution is 2.36. The molecule has 0 radical (unpaired) electrons. The summed E-state index contributed by atoms with van der Waals surface area (Å²) in [5.74, 6) is 1.94. The van der Waals surface area contributed by atoms with E-state index in [9.17, 15) is 0 Å². The maximum absolute atomic E-state index is 6.24. The van der Waals surface area contributed by atoms with Gasteiger partial charge in [-0.25, -0.2) is 15.0 Å². The predicted octanol–water partition coefficient (Wildman–Crippen LogP) is 10.7. The molecule has 198 valence electrons. The molecule has 0 atom stereocenters. The minimum atomic E-state index is 0.636. The molecule has 0 aliphatic heterocycles. The molecule has 0 amide bonds. The third-order valence-corrected chi connectivity index (χ3v) is 8.95. The van der Waals surface area contributed by atoms with Crippen LogP contribution in [0.15, 0.2) is 133 Å². The van der Waals surface area contributed by atoms with Crippen molar-refractivity contribution in [2.45, 2.75) is 0 Å². The number of nitrogens with zero attached hydrogens (tertiary/aromatic N) is 3. The largest absolute Gasteiger partial charge is 0.208 e. The first-order valence-corrected chi connectivity index (χ1v) is 14.9. The monoisotopic (exact) mass is 575 g/mol. The number of fused-ring (bicyclic) bond motifs is 4. The summed E-state index contributed by atoms with van der Waals surface area (Å²) in [6, 6.07) is 45.9. The van der Waals surface area contributed by atoms with Crippen molar-refractivity contribution in [1.82, 2.24) is 15.0 Å². The number of benzene rings is 6. The zero-order valence-electron chi connectivity index (χ0n) is 22.3. The van der Waals surface area contributed by atoms with Crippen molar-refractivity contribution in [3.05, 3.63) is 138 Å². The third kappa shape index (κ3) is 4.51. The standard InChI is InChI=1S/C37H22ClN3S/c38-30-9-5-8-27(21-30)24-12-15-25(16-13-24)35-39-36(28-17-14-23-6-1-2-7-26(23)20-28)41-37(40-35)29-18-19-32-31-10-3-4-11-33(31)42-34(32)22-29/h1-22H. The number of hydrogen-bond acceptors (Lipinski definition) is 4. The van der Waals surface area contributed by atoms with Crippen molar-refractivity contribution < 1.29 is 0 Å². The van der Waals surface area contributed by atoms with Crippen LogP contribution in [-0.4, -0.2) is 15.0 Å². The second kappa shape index (κ2) is 10.2. The first kappa shape index (κ1) is 24.9. The van der Waals surface area contributed by atoms with Gasteiger partial charge in [-0.1, -0.05) is 115 Å². The second-order valence-corrected chi connectivity index (χ2v) is 11.8. The van der Waals surface area contributed by atoms with Gasteiger partial charge in [-0.05, 0) is 52.2 Å². The van der Waals surface area contributed by atoms with E-state index in [1.165, 1.54) is 25.6 Å². The van der Waals surface area contributed by atoms with Gasteiger partial charge in [0.05, 0.1) is 0 Å². The Hall–Kier alpha value is -4.90. The molecule has 3 nitrogen and oxygen atoms in total. The fraction of sp³-hybridized carbons (Fsp3) is 0. The summed E-state index contributed by atoms with van der Waals surface area (Å²) < 4.78 is 2.49. The number of aromatic nitrogens is 3. The molecule has 2 aromatic heterocycles. The number of halogens is 1. The van der Waals surface area contributed by atoms with Gasteiger partial charge in [0.15, 0.2) is 17.5 Å². The molecule has 0 N–H and O–H groups in total. The summed E-state index contributed by atoms with van der Waals surface area (Å²) in [7, 11) is 0. The lowest BCUT2D eigenvalue weighted by Gasteiger charge is -2.10. The molecule has 8 rings (SSSR count). The van der Waals surface area contributed by atoms with Gasteiger partial charge in [0.25, 0.3) is 0 Å². The Labute approximate surface area is 251 Å². The molecule has 0 saturated heterocycles. The van der Waals surface area contributed by atoms with Crippen LogP contribution in [-0.2, 0) is 0 Å². The van der Waals surface area contributed by atoms with Gasteiger partial charge in [0, 0.05) is 41.9 Å². The summed E-state index contributed by atoms with van der Waals surface area (Å²) in [6.45, 7) is 0. The SMILES string of the molecule is Clc1cccc(-c2ccc(-c3nc(-c4ccc5ccccc5c4)nc(-c4ccc5c(c4)sc4ccccc45)n3)cc2)c1. The van der Waals surface area contributed by atoms with Gasteiger partial charge >= 0.3 is 0 Å². The van der Waals surface area contributed by atoms with E-state index < -0.39 is 0 Å². The average molecular weight is 576 g/mol. The highest BCUT2D eigenvalue weighted by molar-refractivity contribution is 7.25. The van der Waals surface area contributed by atoms with Crippen LogP contribution in [0.4, 0.5) is 0 Å². The molecule has 0 fully saturated rings. The van der Waals surface area contributed by atoms with E-state index in [0.29, 0.717) is 22.5 Å². The molecule has 0 unspecified atom stereocenters. The van der Waals surface area contributed by atoms with Gasteiger partial charge in [0.2, 0.25) is 0 Å². The zero-order chi connectivity index (χ0) is 28.0. The van der Waals surface area contributed by atoms with E-state index in [-0.39, 0.29) is 0 Å². The summed E-state index contributed by atoms with van der Waals surface area (Å²) in [5.41, 5.74) is 5.00. The first-order valence-electron chi connectivity index (χ1n) is 13.7. The van der Waals surface area contributed by atoms with Crippen LogP contribution < -0.4 is 0 Å². The van der Waals surface area contributed by atoms with Crippen molar-refractivity contribution in [2.24, 2.45) is 0 Å². The average Bonchev–Trinajstić information content (AvgIpc) is 3.42. The lowest BCUT2D eigenvalue weighted by molar-refractivity contribution is 1.08. The second-order valence-electron chi connectivity index (χ2n) is 10.3. The van der Waals surface area contributed by atoms with Crippen molar-refractivity contribution in [1.29, 1.82) is 0 Å². The normalized spacial score (nSPS) is 11.5. The summed E-state index contributed by atoms with van der Waals surface area (Å²) >= 11 is 8.04. The number of hydrogen-bond donors (Lipinski definition) is 0. The van der Waals surface area contributed by atoms with Crippen LogP contribution in [0.25, 0.3) is 76.2 Å². The third-order valence-electron chi connectivity index (χ3n) is 7.58. The quantitative estimate of drug-likeness (QED) is 0.209. The minimum absolute atomic E-state index is 0.636. The molecular formula is C37H22ClN3S. The topological polar surface area (TPSA) is 38.7 Å². The van der Waals surface area contributed by atoms with Gasteiger partial charge in [-0.2, -0.15) is 0 Å². The molecule has 0 aliphatic carbocycles. The molecule has 0 spiro atoms. The van der Waals surface area contributed by atoms with Crippen LogP contribution >= 0.6 is 22.9 Å². The molecule has 6 aromatic carbocycles. The van der Waals surface area contributed by atoms with Crippen molar-refractivity contribution in [3.8, 4) is 45.3 Å². The Balaban J connectivity index is 1.28. The van der Waals surface area contributed by atoms with Gasteiger partial charge in [-0.15, -0.1) is 11.3 Å². The van der Waals surface area contributed by atoms with Gasteiger partial charge in [-0.3, -0.25) is 0 Å². The fourth-order valence-electron chi connectivity index (χ4n) is 5.44. The van der Waals surface area contributed by atoms with Crippen LogP contribution in [0, 0.1) is 0 Å². The maximum Gasteiger partial charge on any atom is 0.164 e. The molecule has 5 heteroatoms. The van der Waals surface area contributed by atoms with E-state index in [4.69, 9.17) is 26.6 Å². The first-order chi connectivity index (χ1) is 20.7. The van der Waals surface area contributed by atoms with Crippen LogP contribution in [0.3, 0.4) is 0 Å². The van der Waals surface area contributed by atoms with E-state index >= 15 is 0 Å². The Morgan fingerprint density at radius 1 is 0.405 bits per heavy atom. The van der Waals surface area contributed by atoms with Crippen LogP contribution in [0.2, 0.25) is 5.02 Å². The highest BCUT2D eigenvalue weighted by Gasteiger charge is 2.15. The molecular weight excluding hydrogens is 554 g/mol. The van der Waals surface area contributed by atoms with Crippen molar-refractivity contribution >= 4 is 53.9 Å². The van der Waals surface area contributed by atoms with E-state index in [1.807, 2.05) is 18.2 Å².